The van der Waals surface area contributed by atoms with Gasteiger partial charge in [-0.3, -0.25) is 24.0 Å². The fraction of sp³-hybridized carbons (Fsp3) is 0.644. The molecule has 0 aliphatic carbocycles. The van der Waals surface area contributed by atoms with E-state index in [9.17, 15) is 42.0 Å². The fourth-order valence-corrected chi connectivity index (χ4v) is 12.8. The van der Waals surface area contributed by atoms with Crippen molar-refractivity contribution in [1.29, 1.82) is 0 Å². The maximum Gasteiger partial charge on any atom is 0.510 e. The van der Waals surface area contributed by atoms with Crippen LogP contribution in [0.1, 0.15) is 134 Å². The molecule has 2 aromatic carbocycles. The molecule has 0 bridgehead atoms. The second kappa shape index (κ2) is 47.1. The molecule has 4 N–H and O–H groups in total. The van der Waals surface area contributed by atoms with E-state index < -0.39 is 69.7 Å². The molecule has 0 fully saturated rings. The topological polar surface area (TPSA) is 382 Å². The number of anilines is 1. The Hall–Kier alpha value is -7.72. The molecule has 105 heavy (non-hydrogen) atoms. The number of carbonyl (C=O) groups excluding carboxylic acids is 6. The SMILES string of the molecule is CC[C@@]1(OC(=O)OCc2ccc(NC(=O)[C@H](C)NC(=O)[C@@H](NC(=O)COCCC(=O)NCCCOCCCOCCCOCCCOCCCOCCCOCCCOCCCOCCN=[N+]=[N-])C(C)C)cc2)C(=O)OCc2c1cc1n(c2=O)Cc2c-1nc1ccccc1c2CCN(C(C)C)S(C)(=O)=O. The number of esters is 1. The van der Waals surface area contributed by atoms with Crippen LogP contribution in [0.2, 0.25) is 0 Å². The van der Waals surface area contributed by atoms with E-state index in [1.165, 1.54) is 17.5 Å². The maximum atomic E-state index is 14.4. The van der Waals surface area contributed by atoms with Gasteiger partial charge >= 0.3 is 12.1 Å². The minimum absolute atomic E-state index is 0.0206. The number of azide groups is 1. The first-order chi connectivity index (χ1) is 50.7. The molecular weight excluding hydrogens is 1380 g/mol. The molecule has 6 rings (SSSR count). The largest absolute Gasteiger partial charge is 0.510 e. The molecule has 31 nitrogen and oxygen atoms in total. The van der Waals surface area contributed by atoms with E-state index in [1.807, 2.05) is 38.1 Å². The van der Waals surface area contributed by atoms with Gasteiger partial charge in [-0.15, -0.1) is 0 Å². The third kappa shape index (κ3) is 29.2. The number of amides is 4. The summed E-state index contributed by atoms with van der Waals surface area (Å²) in [5.41, 5.74) is 9.86. The van der Waals surface area contributed by atoms with Crippen molar-refractivity contribution in [3.63, 3.8) is 0 Å². The summed E-state index contributed by atoms with van der Waals surface area (Å²) < 4.78 is 95.6. The third-order valence-corrected chi connectivity index (χ3v) is 18.5. The first-order valence-electron chi connectivity index (χ1n) is 36.3. The summed E-state index contributed by atoms with van der Waals surface area (Å²) in [4.78, 5) is 101. The number of cyclic esters (lactones) is 1. The monoisotopic (exact) mass is 1490 g/mol. The number of aromatic nitrogens is 2. The Bertz CT molecular complexity index is 3610. The number of ether oxygens (including phenoxy) is 12. The lowest BCUT2D eigenvalue weighted by molar-refractivity contribution is -0.175. The van der Waals surface area contributed by atoms with Crippen molar-refractivity contribution >= 4 is 62.4 Å². The number of hydrogen-bond acceptors (Lipinski definition) is 23. The first kappa shape index (κ1) is 86.2. The summed E-state index contributed by atoms with van der Waals surface area (Å²) >= 11 is 0. The second-order valence-corrected chi connectivity index (χ2v) is 27.8. The molecule has 0 spiro atoms. The molecule has 2 aliphatic rings. The highest BCUT2D eigenvalue weighted by atomic mass is 32.2. The van der Waals surface area contributed by atoms with E-state index >= 15 is 0 Å². The van der Waals surface area contributed by atoms with Crippen molar-refractivity contribution in [1.82, 2.24) is 29.8 Å². The van der Waals surface area contributed by atoms with Gasteiger partial charge in [0.1, 0.15) is 31.9 Å². The number of sulfonamides is 1. The first-order valence-corrected chi connectivity index (χ1v) is 38.2. The summed E-state index contributed by atoms with van der Waals surface area (Å²) in [6.07, 6.45) is 6.49. The lowest BCUT2D eigenvalue weighted by Crippen LogP contribution is -2.54. The van der Waals surface area contributed by atoms with E-state index in [-0.39, 0.29) is 74.7 Å². The van der Waals surface area contributed by atoms with Gasteiger partial charge in [0, 0.05) is 158 Å². The summed E-state index contributed by atoms with van der Waals surface area (Å²) in [5, 5.41) is 15.0. The molecule has 2 aromatic heterocycles. The minimum atomic E-state index is -3.54. The zero-order chi connectivity index (χ0) is 75.8. The number of carbonyl (C=O) groups is 6. The Balaban J connectivity index is 0.764. The van der Waals surface area contributed by atoms with Crippen LogP contribution < -0.4 is 26.8 Å². The van der Waals surface area contributed by atoms with Gasteiger partial charge in [-0.25, -0.2) is 23.0 Å². The van der Waals surface area contributed by atoms with Crippen LogP contribution in [0.15, 0.2) is 64.5 Å². The Morgan fingerprint density at radius 3 is 1.78 bits per heavy atom. The molecule has 582 valence electrons. The fourth-order valence-electron chi connectivity index (χ4n) is 11.6. The van der Waals surface area contributed by atoms with Crippen LogP contribution in [0.25, 0.3) is 32.7 Å². The Morgan fingerprint density at radius 1 is 0.695 bits per heavy atom. The van der Waals surface area contributed by atoms with Gasteiger partial charge in [0.25, 0.3) is 5.56 Å². The Kier molecular flexibility index (Phi) is 38.6. The normalized spacial score (nSPS) is 14.5. The molecule has 4 amide bonds. The number of hydrogen-bond donors (Lipinski definition) is 4. The lowest BCUT2D eigenvalue weighted by atomic mass is 9.85. The van der Waals surface area contributed by atoms with Crippen LogP contribution in [-0.2, 0) is 123 Å². The molecule has 4 aromatic rings. The lowest BCUT2D eigenvalue weighted by Gasteiger charge is -2.35. The Labute approximate surface area is 615 Å². The predicted octanol–water partition coefficient (Wildman–Crippen LogP) is 7.32. The van der Waals surface area contributed by atoms with E-state index in [4.69, 9.17) is 67.4 Å². The van der Waals surface area contributed by atoms with Gasteiger partial charge in [-0.2, -0.15) is 4.31 Å². The van der Waals surface area contributed by atoms with Gasteiger partial charge in [-0.1, -0.05) is 56.2 Å². The molecule has 32 heteroatoms. The van der Waals surface area contributed by atoms with Crippen molar-refractivity contribution in [3.05, 3.63) is 103 Å². The third-order valence-electron chi connectivity index (χ3n) is 17.1. The van der Waals surface area contributed by atoms with E-state index in [1.54, 1.807) is 55.7 Å². The summed E-state index contributed by atoms with van der Waals surface area (Å²) in [6.45, 7) is 19.8. The average molecular weight is 1490 g/mol. The van der Waals surface area contributed by atoms with Crippen molar-refractivity contribution < 1.29 is 94.0 Å². The predicted molar refractivity (Wildman–Crippen MR) is 389 cm³/mol. The smallest absolute Gasteiger partial charge is 0.457 e. The van der Waals surface area contributed by atoms with Crippen molar-refractivity contribution in [2.45, 2.75) is 156 Å². The highest BCUT2D eigenvalue weighted by molar-refractivity contribution is 7.88. The molecule has 0 radical (unpaired) electrons. The summed E-state index contributed by atoms with van der Waals surface area (Å²) in [7, 11) is -3.54. The number of rotatable bonds is 55. The summed E-state index contributed by atoms with van der Waals surface area (Å²) in [6, 6.07) is 13.0. The molecule has 0 saturated carbocycles. The zero-order valence-corrected chi connectivity index (χ0v) is 62.7. The summed E-state index contributed by atoms with van der Waals surface area (Å²) in [5.74, 6) is -3.25. The van der Waals surface area contributed by atoms with Gasteiger partial charge in [-0.05, 0) is 132 Å². The molecule has 4 heterocycles. The number of para-hydroxylation sites is 1. The van der Waals surface area contributed by atoms with Gasteiger partial charge < -0.3 is 82.7 Å². The van der Waals surface area contributed by atoms with E-state index in [0.29, 0.717) is 160 Å². The quantitative estimate of drug-likeness (QED) is 0.00973. The number of pyridine rings is 2. The van der Waals surface area contributed by atoms with Crippen LogP contribution in [0.5, 0.6) is 0 Å². The van der Waals surface area contributed by atoms with Gasteiger partial charge in [0.05, 0.1) is 48.5 Å². The highest BCUT2D eigenvalue weighted by Gasteiger charge is 2.51. The zero-order valence-electron chi connectivity index (χ0n) is 61.9. The van der Waals surface area contributed by atoms with Crippen molar-refractivity contribution in [3.8, 4) is 11.4 Å². The van der Waals surface area contributed by atoms with E-state index in [0.717, 1.165) is 61.5 Å². The molecule has 0 unspecified atom stereocenters. The van der Waals surface area contributed by atoms with Crippen LogP contribution in [0.3, 0.4) is 0 Å². The minimum Gasteiger partial charge on any atom is -0.457 e. The van der Waals surface area contributed by atoms with Crippen LogP contribution in [0, 0.1) is 5.92 Å². The molecular formula is C73H108N10O21S. The number of fused-ring (bicyclic) bond motifs is 5. The molecule has 2 aliphatic heterocycles. The highest BCUT2D eigenvalue weighted by Crippen LogP contribution is 2.42. The molecule has 0 saturated heterocycles. The number of nitrogens with zero attached hydrogens (tertiary/aromatic N) is 6. The molecule has 3 atom stereocenters. The van der Waals surface area contributed by atoms with Crippen LogP contribution in [-0.4, -0.2) is 221 Å². The second-order valence-electron chi connectivity index (χ2n) is 25.9. The average Bonchev–Trinajstić information content (AvgIpc) is 1.60. The van der Waals surface area contributed by atoms with Crippen LogP contribution in [0.4, 0.5) is 10.5 Å². The van der Waals surface area contributed by atoms with E-state index in [2.05, 4.69) is 31.3 Å². The van der Waals surface area contributed by atoms with Crippen LogP contribution >= 0.6 is 0 Å². The standard InChI is InChI=1S/C73H108N10O21S/c1-8-73(61-47-63-67-59(48-82(63)70(88)60(61)50-102-71(73)89)57(58-19-9-10-20-62(58)79-67)25-29-83(53(4)5)105(7,91)92)104-72(90)103-49-55-21-23-56(24-22-55)78-68(86)54(6)77-69(87)66(52(2)3)80-65(85)51-101-45-26-64(84)75-27-11-30-93-31-12-32-94-33-13-34-95-35-14-36-96-37-15-38-97-39-16-40-98-41-17-42-99-43-18-44-100-46-28-76-81-74/h9-10,19-24,47,52-54,66H,8,11-18,25-46,48-51H2,1-7H3,(H,75,84)(H,77,87)(H,78,86)(H,80,85)/t54-,66-,73-/m0/s1. The van der Waals surface area contributed by atoms with Gasteiger partial charge in [0.2, 0.25) is 39.3 Å². The number of nitrogens with one attached hydrogen (secondary N) is 4. The number of benzene rings is 2. The maximum absolute atomic E-state index is 14.4. The van der Waals surface area contributed by atoms with Crippen molar-refractivity contribution in [2.75, 3.05) is 150 Å². The Morgan fingerprint density at radius 2 is 1.25 bits per heavy atom. The van der Waals surface area contributed by atoms with Gasteiger partial charge in [0.15, 0.2) is 0 Å². The van der Waals surface area contributed by atoms with Crippen molar-refractivity contribution in [2.24, 2.45) is 11.0 Å².